The van der Waals surface area contributed by atoms with Gasteiger partial charge in [-0.25, -0.2) is 0 Å². The summed E-state index contributed by atoms with van der Waals surface area (Å²) in [6, 6.07) is 54.0. The fourth-order valence-corrected chi connectivity index (χ4v) is 7.89. The van der Waals surface area contributed by atoms with E-state index in [1.165, 1.54) is 42.7 Å². The number of hydrogen-bond acceptors (Lipinski definition) is 4. The van der Waals surface area contributed by atoms with Crippen molar-refractivity contribution < 1.29 is 4.74 Å². The second kappa shape index (κ2) is 10.3. The van der Waals surface area contributed by atoms with E-state index in [0.717, 1.165) is 51.1 Å². The highest BCUT2D eigenvalue weighted by Crippen LogP contribution is 2.47. The average Bonchev–Trinajstić information content (AvgIpc) is 3.46. The number of nitrogens with one attached hydrogen (secondary N) is 2. The maximum Gasteiger partial charge on any atom is 0.151 e. The van der Waals surface area contributed by atoms with Crippen molar-refractivity contribution in [1.82, 2.24) is 4.57 Å². The normalized spacial score (nSPS) is 12.7. The Kier molecular flexibility index (Phi) is 5.77. The van der Waals surface area contributed by atoms with E-state index >= 15 is 0 Å². The third kappa shape index (κ3) is 4.32. The summed E-state index contributed by atoms with van der Waals surface area (Å²) < 4.78 is 8.68. The molecular weight excluding hydrogens is 595 g/mol. The van der Waals surface area contributed by atoms with Crippen molar-refractivity contribution in [2.24, 2.45) is 0 Å². The fourth-order valence-electron chi connectivity index (χ4n) is 6.86. The summed E-state index contributed by atoms with van der Waals surface area (Å²) in [5.41, 5.74) is 12.4. The van der Waals surface area contributed by atoms with Gasteiger partial charge in [-0.3, -0.25) is 0 Å². The number of ether oxygens (including phenoxy) is 1. The molecule has 7 aromatic carbocycles. The Labute approximate surface area is 276 Å². The lowest BCUT2D eigenvalue weighted by Gasteiger charge is -2.22. The average molecular weight is 622 g/mol. The summed E-state index contributed by atoms with van der Waals surface area (Å²) in [4.78, 5) is 2.49. The predicted octanol–water partition coefficient (Wildman–Crippen LogP) is 12.2. The molecule has 4 nitrogen and oxygen atoms in total. The van der Waals surface area contributed by atoms with Crippen LogP contribution in [0.3, 0.4) is 0 Å². The first-order valence-corrected chi connectivity index (χ1v) is 16.6. The fraction of sp³-hybridized carbons (Fsp3) is 0. The van der Waals surface area contributed by atoms with Crippen LogP contribution in [0.4, 0.5) is 22.7 Å². The zero-order valence-corrected chi connectivity index (χ0v) is 26.0. The van der Waals surface area contributed by atoms with E-state index in [-0.39, 0.29) is 0 Å². The van der Waals surface area contributed by atoms with Gasteiger partial charge in [-0.1, -0.05) is 78.5 Å². The van der Waals surface area contributed by atoms with Crippen molar-refractivity contribution >= 4 is 56.3 Å². The Morgan fingerprint density at radius 3 is 1.77 bits per heavy atom. The lowest BCUT2D eigenvalue weighted by Crippen LogP contribution is -2.02. The van der Waals surface area contributed by atoms with E-state index in [1.807, 2.05) is 36.0 Å². The lowest BCUT2D eigenvalue weighted by atomic mass is 9.99. The summed E-state index contributed by atoms with van der Waals surface area (Å²) in [7, 11) is 0. The molecule has 1 aromatic heterocycles. The number of nitrogens with zero attached hydrogens (tertiary/aromatic N) is 1. The number of hydrogen-bond donors (Lipinski definition) is 2. The zero-order valence-electron chi connectivity index (χ0n) is 25.2. The van der Waals surface area contributed by atoms with Gasteiger partial charge in [0.15, 0.2) is 11.5 Å². The van der Waals surface area contributed by atoms with Gasteiger partial charge in [-0.05, 0) is 107 Å². The summed E-state index contributed by atoms with van der Waals surface area (Å²) in [6.07, 6.45) is 0. The third-order valence-corrected chi connectivity index (χ3v) is 10.3. The molecule has 2 aliphatic heterocycles. The van der Waals surface area contributed by atoms with E-state index in [0.29, 0.717) is 0 Å². The van der Waals surface area contributed by atoms with Crippen molar-refractivity contribution in [3.8, 4) is 39.4 Å². The Balaban J connectivity index is 1.11. The number of fused-ring (bicyclic) bond motifs is 7. The van der Waals surface area contributed by atoms with Gasteiger partial charge in [0.1, 0.15) is 0 Å². The van der Waals surface area contributed by atoms with Crippen LogP contribution in [0.25, 0.3) is 49.7 Å². The van der Waals surface area contributed by atoms with E-state index in [1.54, 1.807) is 0 Å². The van der Waals surface area contributed by atoms with E-state index in [9.17, 15) is 0 Å². The van der Waals surface area contributed by atoms with Crippen LogP contribution in [0.2, 0.25) is 0 Å². The maximum atomic E-state index is 6.31. The Hall–Kier alpha value is -5.91. The first-order valence-electron chi connectivity index (χ1n) is 15.8. The van der Waals surface area contributed by atoms with Crippen molar-refractivity contribution in [3.63, 3.8) is 0 Å². The van der Waals surface area contributed by atoms with Crippen LogP contribution >= 0.6 is 11.8 Å². The van der Waals surface area contributed by atoms with Gasteiger partial charge >= 0.3 is 0 Å². The molecule has 3 heterocycles. The van der Waals surface area contributed by atoms with Crippen LogP contribution in [0.15, 0.2) is 161 Å². The van der Waals surface area contributed by atoms with Gasteiger partial charge in [0, 0.05) is 26.3 Å². The Morgan fingerprint density at radius 2 is 0.979 bits per heavy atom. The second-order valence-electron chi connectivity index (χ2n) is 12.0. The molecule has 0 saturated carbocycles. The Bertz CT molecular complexity index is 2380. The highest BCUT2D eigenvalue weighted by Gasteiger charge is 2.20. The summed E-state index contributed by atoms with van der Waals surface area (Å²) in [5, 5.41) is 9.55. The van der Waals surface area contributed by atoms with Crippen molar-refractivity contribution in [1.29, 1.82) is 0 Å². The molecule has 2 aliphatic rings. The minimum Gasteiger partial charge on any atom is -0.453 e. The van der Waals surface area contributed by atoms with Crippen LogP contribution < -0.4 is 15.4 Å². The number of anilines is 4. The summed E-state index contributed by atoms with van der Waals surface area (Å²) in [5.74, 6) is 1.67. The monoisotopic (exact) mass is 621 g/mol. The maximum absolute atomic E-state index is 6.31. The first kappa shape index (κ1) is 26.3. The molecule has 0 radical (unpaired) electrons. The SMILES string of the molecule is c1ccc(-n2c3ccc(-c4ccc5c(c4)Oc4ccccc4N5)cc3c3cc(-c4ccc5c(c4)Sc4ccccc4N5)ccc32)cc1. The van der Waals surface area contributed by atoms with Crippen LogP contribution in [0.1, 0.15) is 0 Å². The molecule has 10 rings (SSSR count). The van der Waals surface area contributed by atoms with Crippen LogP contribution in [-0.2, 0) is 0 Å². The van der Waals surface area contributed by atoms with E-state index in [4.69, 9.17) is 4.74 Å². The molecule has 2 N–H and O–H groups in total. The summed E-state index contributed by atoms with van der Waals surface area (Å²) in [6.45, 7) is 0. The number of rotatable bonds is 3. The third-order valence-electron chi connectivity index (χ3n) is 9.16. The highest BCUT2D eigenvalue weighted by molar-refractivity contribution is 7.99. The molecule has 5 heteroatoms. The van der Waals surface area contributed by atoms with Gasteiger partial charge in [-0.2, -0.15) is 0 Å². The quantitative estimate of drug-likeness (QED) is 0.206. The van der Waals surface area contributed by atoms with Crippen molar-refractivity contribution in [2.45, 2.75) is 9.79 Å². The van der Waals surface area contributed by atoms with Gasteiger partial charge < -0.3 is 19.9 Å². The molecule has 0 fully saturated rings. The molecule has 0 spiro atoms. The second-order valence-corrected chi connectivity index (χ2v) is 13.1. The molecule has 0 amide bonds. The number of aromatic nitrogens is 1. The van der Waals surface area contributed by atoms with Gasteiger partial charge in [0.2, 0.25) is 0 Å². The minimum absolute atomic E-state index is 0.831. The smallest absolute Gasteiger partial charge is 0.151 e. The molecular formula is C42H27N3OS. The Morgan fingerprint density at radius 1 is 0.426 bits per heavy atom. The molecule has 0 bridgehead atoms. The van der Waals surface area contributed by atoms with Gasteiger partial charge in [0.25, 0.3) is 0 Å². The molecule has 0 saturated heterocycles. The van der Waals surface area contributed by atoms with E-state index < -0.39 is 0 Å². The van der Waals surface area contributed by atoms with Crippen LogP contribution in [0, 0.1) is 0 Å². The van der Waals surface area contributed by atoms with Crippen molar-refractivity contribution in [2.75, 3.05) is 10.6 Å². The van der Waals surface area contributed by atoms with Gasteiger partial charge in [0.05, 0.1) is 33.8 Å². The number of benzene rings is 7. The molecule has 0 aliphatic carbocycles. The number of para-hydroxylation sites is 4. The first-order chi connectivity index (χ1) is 23.2. The molecule has 0 unspecified atom stereocenters. The van der Waals surface area contributed by atoms with Crippen LogP contribution in [0.5, 0.6) is 11.5 Å². The molecule has 0 atom stereocenters. The molecule has 8 aromatic rings. The predicted molar refractivity (Wildman–Crippen MR) is 195 cm³/mol. The molecule has 222 valence electrons. The molecule has 47 heavy (non-hydrogen) atoms. The lowest BCUT2D eigenvalue weighted by molar-refractivity contribution is 0.481. The van der Waals surface area contributed by atoms with E-state index in [2.05, 4.69) is 143 Å². The summed E-state index contributed by atoms with van der Waals surface area (Å²) >= 11 is 1.82. The minimum atomic E-state index is 0.831. The zero-order chi connectivity index (χ0) is 30.9. The highest BCUT2D eigenvalue weighted by atomic mass is 32.2. The standard InChI is InChI=1S/C42H27N3OS/c1-2-8-30(9-3-1)45-37-20-16-26(28-14-18-34-40(24-28)46-39-12-6-4-10-33(39)43-34)22-31(37)32-23-27(17-21-38(32)45)29-15-19-36-42(25-29)47-41-13-7-5-11-35(41)44-36/h1-25,43-44H. The topological polar surface area (TPSA) is 38.2 Å². The van der Waals surface area contributed by atoms with Gasteiger partial charge in [-0.15, -0.1) is 0 Å². The largest absolute Gasteiger partial charge is 0.453 e. The van der Waals surface area contributed by atoms with Crippen molar-refractivity contribution in [3.05, 3.63) is 152 Å². The van der Waals surface area contributed by atoms with Crippen LogP contribution in [-0.4, -0.2) is 4.57 Å².